The average molecular weight is 507 g/mol. The summed E-state index contributed by atoms with van der Waals surface area (Å²) in [7, 11) is -0.651. The summed E-state index contributed by atoms with van der Waals surface area (Å²) in [6.45, 7) is 3.96. The lowest BCUT2D eigenvalue weighted by atomic mass is 10.2. The van der Waals surface area contributed by atoms with Crippen molar-refractivity contribution in [2.24, 2.45) is 0 Å². The van der Waals surface area contributed by atoms with E-state index in [4.69, 9.17) is 9.57 Å². The first-order chi connectivity index (χ1) is 16.1. The molecule has 0 saturated carbocycles. The zero-order valence-electron chi connectivity index (χ0n) is 19.4. The summed E-state index contributed by atoms with van der Waals surface area (Å²) in [5.74, 6) is 0.401. The highest BCUT2D eigenvalue weighted by molar-refractivity contribution is 7.92. The second-order valence-electron chi connectivity index (χ2n) is 7.12. The van der Waals surface area contributed by atoms with Gasteiger partial charge in [-0.1, -0.05) is 0 Å². The molecule has 2 heterocycles. The van der Waals surface area contributed by atoms with Crippen LogP contribution in [0.2, 0.25) is 0 Å². The first-order valence-electron chi connectivity index (χ1n) is 10.1. The van der Waals surface area contributed by atoms with Crippen LogP contribution in [0, 0.1) is 6.92 Å². The highest BCUT2D eigenvalue weighted by Crippen LogP contribution is 2.35. The van der Waals surface area contributed by atoms with Gasteiger partial charge in [-0.05, 0) is 26.0 Å². The SMILES string of the molecule is CCONC(=O)c1cnc(Nc2ncc(C)s2)cc1Nc1ccc(OC)cc1N(C)S(C)(=O)=O. The number of methoxy groups -OCH3 is 1. The van der Waals surface area contributed by atoms with Gasteiger partial charge in [-0.3, -0.25) is 13.9 Å². The molecule has 11 nitrogen and oxygen atoms in total. The van der Waals surface area contributed by atoms with Crippen LogP contribution in [-0.2, 0) is 14.9 Å². The number of hydrogen-bond donors (Lipinski definition) is 3. The number of anilines is 5. The fourth-order valence-electron chi connectivity index (χ4n) is 2.85. The Bertz CT molecular complexity index is 1280. The van der Waals surface area contributed by atoms with E-state index in [1.54, 1.807) is 37.4 Å². The Morgan fingerprint density at radius 2 is 1.91 bits per heavy atom. The molecule has 3 aromatic rings. The molecule has 0 unspecified atom stereocenters. The van der Waals surface area contributed by atoms with E-state index in [0.29, 0.717) is 33.8 Å². The molecule has 182 valence electrons. The largest absolute Gasteiger partial charge is 0.497 e. The molecule has 0 fully saturated rings. The van der Waals surface area contributed by atoms with E-state index in [1.807, 2.05) is 6.92 Å². The number of hydrogen-bond acceptors (Lipinski definition) is 10. The molecule has 1 amide bonds. The Kier molecular flexibility index (Phi) is 7.91. The molecule has 0 aliphatic rings. The van der Waals surface area contributed by atoms with E-state index in [1.165, 1.54) is 31.7 Å². The summed E-state index contributed by atoms with van der Waals surface area (Å²) in [6.07, 6.45) is 4.23. The Balaban J connectivity index is 2.05. The van der Waals surface area contributed by atoms with E-state index in [-0.39, 0.29) is 12.2 Å². The highest BCUT2D eigenvalue weighted by atomic mass is 32.2. The van der Waals surface area contributed by atoms with Gasteiger partial charge in [0.15, 0.2) is 5.13 Å². The second-order valence-corrected chi connectivity index (χ2v) is 10.4. The van der Waals surface area contributed by atoms with E-state index < -0.39 is 15.9 Å². The first kappa shape index (κ1) is 25.2. The molecule has 13 heteroatoms. The maximum absolute atomic E-state index is 12.7. The van der Waals surface area contributed by atoms with Crippen molar-refractivity contribution in [1.29, 1.82) is 0 Å². The van der Waals surface area contributed by atoms with Gasteiger partial charge in [-0.2, -0.15) is 0 Å². The zero-order valence-corrected chi connectivity index (χ0v) is 21.0. The van der Waals surface area contributed by atoms with Crippen LogP contribution in [0.25, 0.3) is 0 Å². The molecular formula is C21H26N6O5S2. The van der Waals surface area contributed by atoms with Gasteiger partial charge >= 0.3 is 0 Å². The minimum atomic E-state index is -3.57. The Hall–Kier alpha value is -3.42. The Morgan fingerprint density at radius 3 is 2.53 bits per heavy atom. The molecule has 0 atom stereocenters. The number of nitrogens with zero attached hydrogens (tertiary/aromatic N) is 3. The summed E-state index contributed by atoms with van der Waals surface area (Å²) >= 11 is 1.46. The number of rotatable bonds is 10. The van der Waals surface area contributed by atoms with E-state index >= 15 is 0 Å². The van der Waals surface area contributed by atoms with Crippen LogP contribution >= 0.6 is 11.3 Å². The van der Waals surface area contributed by atoms with Crippen LogP contribution in [0.4, 0.5) is 28.0 Å². The number of hydroxylamine groups is 1. The van der Waals surface area contributed by atoms with Crippen LogP contribution in [0.15, 0.2) is 36.7 Å². The van der Waals surface area contributed by atoms with Crippen LogP contribution in [-0.4, -0.2) is 51.3 Å². The smallest absolute Gasteiger partial charge is 0.278 e. The summed E-state index contributed by atoms with van der Waals surface area (Å²) in [5, 5.41) is 6.91. The Morgan fingerprint density at radius 1 is 1.15 bits per heavy atom. The van der Waals surface area contributed by atoms with Gasteiger partial charge in [0.05, 0.1) is 42.6 Å². The van der Waals surface area contributed by atoms with Crippen molar-refractivity contribution in [3.63, 3.8) is 0 Å². The van der Waals surface area contributed by atoms with Crippen LogP contribution in [0.3, 0.4) is 0 Å². The van der Waals surface area contributed by atoms with Crippen LogP contribution < -0.4 is 25.2 Å². The molecule has 0 bridgehead atoms. The van der Waals surface area contributed by atoms with Crippen molar-refractivity contribution in [3.05, 3.63) is 47.1 Å². The molecule has 0 aliphatic carbocycles. The van der Waals surface area contributed by atoms with E-state index in [0.717, 1.165) is 15.4 Å². The fourth-order valence-corrected chi connectivity index (χ4v) is 4.03. The number of aryl methyl sites for hydroxylation is 1. The molecule has 3 N–H and O–H groups in total. The number of ether oxygens (including phenoxy) is 1. The molecule has 34 heavy (non-hydrogen) atoms. The summed E-state index contributed by atoms with van der Waals surface area (Å²) in [5.41, 5.74) is 3.68. The van der Waals surface area contributed by atoms with Crippen molar-refractivity contribution in [1.82, 2.24) is 15.4 Å². The van der Waals surface area contributed by atoms with Crippen LogP contribution in [0.1, 0.15) is 22.2 Å². The number of thiazole rings is 1. The molecule has 0 saturated heterocycles. The van der Waals surface area contributed by atoms with E-state index in [2.05, 4.69) is 26.1 Å². The van der Waals surface area contributed by atoms with Crippen LogP contribution in [0.5, 0.6) is 5.75 Å². The van der Waals surface area contributed by atoms with Crippen molar-refractivity contribution in [3.8, 4) is 5.75 Å². The minimum absolute atomic E-state index is 0.193. The number of benzene rings is 1. The number of carbonyl (C=O) groups is 1. The van der Waals surface area contributed by atoms with Crippen molar-refractivity contribution >= 4 is 55.3 Å². The summed E-state index contributed by atoms with van der Waals surface area (Å²) in [4.78, 5) is 27.3. The lowest BCUT2D eigenvalue weighted by Gasteiger charge is -2.22. The maximum atomic E-state index is 12.7. The maximum Gasteiger partial charge on any atom is 0.278 e. The molecule has 2 aromatic heterocycles. The van der Waals surface area contributed by atoms with Crippen molar-refractivity contribution in [2.75, 3.05) is 42.0 Å². The monoisotopic (exact) mass is 506 g/mol. The van der Waals surface area contributed by atoms with Gasteiger partial charge in [0, 0.05) is 36.5 Å². The first-order valence-corrected chi connectivity index (χ1v) is 12.8. The molecule has 3 rings (SSSR count). The van der Waals surface area contributed by atoms with Gasteiger partial charge in [0.2, 0.25) is 10.0 Å². The van der Waals surface area contributed by atoms with Crippen molar-refractivity contribution < 1.29 is 22.8 Å². The predicted molar refractivity (Wildman–Crippen MR) is 133 cm³/mol. The average Bonchev–Trinajstić information content (AvgIpc) is 3.21. The number of aromatic nitrogens is 2. The normalized spacial score (nSPS) is 11.1. The van der Waals surface area contributed by atoms with Gasteiger partial charge in [-0.15, -0.1) is 11.3 Å². The van der Waals surface area contributed by atoms with Crippen molar-refractivity contribution in [2.45, 2.75) is 13.8 Å². The third-order valence-electron chi connectivity index (χ3n) is 4.63. The molecule has 1 aromatic carbocycles. The fraction of sp³-hybridized carbons (Fsp3) is 0.286. The zero-order chi connectivity index (χ0) is 24.9. The number of amides is 1. The third-order valence-corrected chi connectivity index (χ3v) is 6.64. The van der Waals surface area contributed by atoms with Gasteiger partial charge in [0.1, 0.15) is 11.6 Å². The molecule has 0 radical (unpaired) electrons. The van der Waals surface area contributed by atoms with Gasteiger partial charge in [-0.25, -0.2) is 23.9 Å². The Labute approximate surface area is 202 Å². The standard InChI is InChI=1S/C21H26N6O5S2/c1-6-32-26-20(28)15-12-22-19(25-21-23-11-13(2)33-21)10-17(15)24-16-8-7-14(31-4)9-18(16)27(3)34(5,29)30/h7-12H,6H2,1-5H3,(H,26,28)(H2,22,23,24,25). The number of sulfonamides is 1. The lowest BCUT2D eigenvalue weighted by molar-refractivity contribution is 0.0365. The predicted octanol–water partition coefficient (Wildman–Crippen LogP) is 3.42. The number of pyridine rings is 1. The van der Waals surface area contributed by atoms with E-state index in [9.17, 15) is 13.2 Å². The third kappa shape index (κ3) is 6.12. The topological polar surface area (TPSA) is 135 Å². The second kappa shape index (κ2) is 10.7. The lowest BCUT2D eigenvalue weighted by Crippen LogP contribution is -2.26. The van der Waals surface area contributed by atoms with Gasteiger partial charge in [0.25, 0.3) is 5.91 Å². The molecule has 0 aliphatic heterocycles. The molecule has 0 spiro atoms. The quantitative estimate of drug-likeness (QED) is 0.354. The summed E-state index contributed by atoms with van der Waals surface area (Å²) < 4.78 is 30.9. The molecular weight excluding hydrogens is 480 g/mol. The number of carbonyl (C=O) groups excluding carboxylic acids is 1. The number of nitrogens with one attached hydrogen (secondary N) is 3. The van der Waals surface area contributed by atoms with Gasteiger partial charge < -0.3 is 15.4 Å². The minimum Gasteiger partial charge on any atom is -0.497 e. The highest BCUT2D eigenvalue weighted by Gasteiger charge is 2.20. The summed E-state index contributed by atoms with van der Waals surface area (Å²) in [6, 6.07) is 6.56.